The molecule has 0 aromatic heterocycles. The van der Waals surface area contributed by atoms with Crippen LogP contribution in [0, 0.1) is 0 Å². The smallest absolute Gasteiger partial charge is 0.170 e. The summed E-state index contributed by atoms with van der Waals surface area (Å²) in [5.41, 5.74) is -1.19. The van der Waals surface area contributed by atoms with E-state index in [1.165, 1.54) is 6.92 Å². The lowest BCUT2D eigenvalue weighted by atomic mass is 10.9. The van der Waals surface area contributed by atoms with E-state index in [9.17, 15) is 4.39 Å². The summed E-state index contributed by atoms with van der Waals surface area (Å²) in [4.78, 5) is 0. The van der Waals surface area contributed by atoms with Gasteiger partial charge in [0, 0.05) is 0 Å². The average molecular weight is 103 g/mol. The Labute approximate surface area is 34.3 Å². The molecule has 0 radical (unpaired) electrons. The minimum absolute atomic E-state index is 0. The van der Waals surface area contributed by atoms with Crippen LogP contribution in [-0.4, -0.2) is 5.63 Å². The quantitative estimate of drug-likeness (QED) is 0.409. The van der Waals surface area contributed by atoms with E-state index >= 15 is 0 Å². The molecule has 0 saturated heterocycles. The predicted molar refractivity (Wildman–Crippen MR) is 18.9 cm³/mol. The van der Waals surface area contributed by atoms with Gasteiger partial charge in [0.15, 0.2) is 5.63 Å². The number of hydrogen-bond donors (Lipinski definition) is 0. The molecule has 0 aromatic carbocycles. The van der Waals surface area contributed by atoms with E-state index in [2.05, 4.69) is 11.6 Å². The molecule has 0 rings (SSSR count). The molecule has 1 unspecified atom stereocenters. The first kappa shape index (κ1) is 8.94. The van der Waals surface area contributed by atoms with Crippen LogP contribution in [-0.2, 0) is 0 Å². The molecule has 5 heavy (non-hydrogen) atoms. The van der Waals surface area contributed by atoms with Gasteiger partial charge in [-0.3, -0.25) is 4.70 Å². The Hall–Kier alpha value is 0.150. The van der Waals surface area contributed by atoms with Gasteiger partial charge >= 0.3 is 0 Å². The summed E-state index contributed by atoms with van der Waals surface area (Å²) >= 11 is 4.61. The van der Waals surface area contributed by atoms with Gasteiger partial charge in [-0.1, -0.05) is 11.6 Å². The monoisotopic (exact) mass is 102 g/mol. The van der Waals surface area contributed by atoms with Crippen molar-refractivity contribution < 1.29 is 9.09 Å². The van der Waals surface area contributed by atoms with Gasteiger partial charge in [0.25, 0.3) is 0 Å². The minimum Gasteiger partial charge on any atom is -0.269 e. The van der Waals surface area contributed by atoms with Gasteiger partial charge in [-0.25, -0.2) is 4.39 Å². The van der Waals surface area contributed by atoms with Gasteiger partial charge in [-0.2, -0.15) is 0 Å². The highest BCUT2D eigenvalue weighted by atomic mass is 35.5. The van der Waals surface area contributed by atoms with E-state index in [1.54, 1.807) is 0 Å². The molecule has 34 valence electrons. The molecule has 0 spiro atoms. The second-order valence-electron chi connectivity index (χ2n) is 0.519. The Morgan fingerprint density at radius 2 is 1.80 bits per heavy atom. The van der Waals surface area contributed by atoms with Gasteiger partial charge in [-0.05, 0) is 6.92 Å². The molecule has 0 heterocycles. The Morgan fingerprint density at radius 3 is 1.80 bits per heavy atom. The van der Waals surface area contributed by atoms with Crippen LogP contribution in [0.1, 0.15) is 6.92 Å². The van der Waals surface area contributed by atoms with E-state index in [1.807, 2.05) is 0 Å². The third-order valence-electron chi connectivity index (χ3n) is 0. The lowest BCUT2D eigenvalue weighted by Crippen LogP contribution is -1.66. The zero-order valence-corrected chi connectivity index (χ0v) is 3.50. The first-order valence-electron chi connectivity index (χ1n) is 1.01. The summed E-state index contributed by atoms with van der Waals surface area (Å²) < 4.78 is 10.8. The summed E-state index contributed by atoms with van der Waals surface area (Å²) in [6.07, 6.45) is 0. The zero-order valence-electron chi connectivity index (χ0n) is 2.74. The fourth-order valence-corrected chi connectivity index (χ4v) is 0. The number of halogens is 3. The first-order chi connectivity index (χ1) is 1.73. The third kappa shape index (κ3) is 853. The third-order valence-corrected chi connectivity index (χ3v) is 0. The highest BCUT2D eigenvalue weighted by molar-refractivity contribution is 6.19. The molecule has 1 atom stereocenters. The number of alkyl halides is 2. The zero-order chi connectivity index (χ0) is 3.58. The molecule has 0 bridgehead atoms. The molecule has 0 aliphatic carbocycles. The molecular formula is C2H5ClF2. The van der Waals surface area contributed by atoms with Crippen LogP contribution in [0.5, 0.6) is 0 Å². The van der Waals surface area contributed by atoms with Gasteiger partial charge in [0.1, 0.15) is 0 Å². The molecule has 0 N–H and O–H groups in total. The minimum atomic E-state index is -1.19. The average Bonchev–Trinajstić information content (AvgIpc) is 0.811. The Balaban J connectivity index is 0. The topological polar surface area (TPSA) is 0 Å². The molecule has 0 saturated carbocycles. The predicted octanol–water partition coefficient (Wildman–Crippen LogP) is 1.69. The fraction of sp³-hybridized carbons (Fsp3) is 1.00. The maximum Gasteiger partial charge on any atom is 0.170 e. The maximum absolute atomic E-state index is 10.8. The lowest BCUT2D eigenvalue weighted by molar-refractivity contribution is 0.475. The Kier molecular flexibility index (Phi) is 7.42. The second-order valence-corrected chi connectivity index (χ2v) is 1.12. The van der Waals surface area contributed by atoms with Crippen molar-refractivity contribution in [1.82, 2.24) is 0 Å². The highest BCUT2D eigenvalue weighted by Crippen LogP contribution is 1.89. The van der Waals surface area contributed by atoms with Crippen molar-refractivity contribution in [2.24, 2.45) is 0 Å². The van der Waals surface area contributed by atoms with Gasteiger partial charge in [0.2, 0.25) is 0 Å². The maximum atomic E-state index is 10.8. The summed E-state index contributed by atoms with van der Waals surface area (Å²) in [6.45, 7) is 1.27. The molecule has 0 aliphatic rings. The van der Waals surface area contributed by atoms with Crippen molar-refractivity contribution in [2.75, 3.05) is 0 Å². The summed E-state index contributed by atoms with van der Waals surface area (Å²) in [5, 5.41) is 0. The van der Waals surface area contributed by atoms with Gasteiger partial charge in [-0.15, -0.1) is 0 Å². The van der Waals surface area contributed by atoms with Crippen LogP contribution in [0.2, 0.25) is 0 Å². The molecule has 3 heteroatoms. The summed E-state index contributed by atoms with van der Waals surface area (Å²) in [5.74, 6) is 0. The summed E-state index contributed by atoms with van der Waals surface area (Å²) in [6, 6.07) is 0. The Morgan fingerprint density at radius 1 is 1.80 bits per heavy atom. The van der Waals surface area contributed by atoms with E-state index in [-0.39, 0.29) is 4.70 Å². The van der Waals surface area contributed by atoms with Crippen molar-refractivity contribution in [1.29, 1.82) is 0 Å². The molecule has 0 nitrogen and oxygen atoms in total. The Bertz CT molecular complexity index is 12.4. The highest BCUT2D eigenvalue weighted by Gasteiger charge is 1.77. The molecule has 0 fully saturated rings. The normalized spacial score (nSPS) is 12.6. The van der Waals surface area contributed by atoms with Crippen molar-refractivity contribution in [2.45, 2.75) is 12.6 Å². The van der Waals surface area contributed by atoms with E-state index in [0.717, 1.165) is 0 Å². The van der Waals surface area contributed by atoms with Crippen LogP contribution in [0.4, 0.5) is 9.09 Å². The summed E-state index contributed by atoms with van der Waals surface area (Å²) in [7, 11) is 0. The number of rotatable bonds is 0. The van der Waals surface area contributed by atoms with Crippen molar-refractivity contribution in [3.63, 3.8) is 0 Å². The van der Waals surface area contributed by atoms with Crippen LogP contribution < -0.4 is 0 Å². The van der Waals surface area contributed by atoms with E-state index in [4.69, 9.17) is 0 Å². The first-order valence-corrected chi connectivity index (χ1v) is 1.45. The van der Waals surface area contributed by atoms with Crippen molar-refractivity contribution >= 4 is 11.6 Å². The van der Waals surface area contributed by atoms with Crippen molar-refractivity contribution in [3.05, 3.63) is 0 Å². The SMILES string of the molecule is CC(F)Cl.F. The van der Waals surface area contributed by atoms with Crippen LogP contribution in [0.15, 0.2) is 0 Å². The van der Waals surface area contributed by atoms with Crippen molar-refractivity contribution in [3.8, 4) is 0 Å². The largest absolute Gasteiger partial charge is 0.269 e. The molecular weight excluding hydrogens is 97.5 g/mol. The number of hydrogen-bond acceptors (Lipinski definition) is 0. The van der Waals surface area contributed by atoms with Crippen LogP contribution in [0.3, 0.4) is 0 Å². The van der Waals surface area contributed by atoms with E-state index in [0.29, 0.717) is 0 Å². The van der Waals surface area contributed by atoms with Crippen LogP contribution >= 0.6 is 11.6 Å². The lowest BCUT2D eigenvalue weighted by Gasteiger charge is -1.71. The van der Waals surface area contributed by atoms with E-state index < -0.39 is 5.63 Å². The van der Waals surface area contributed by atoms with Gasteiger partial charge < -0.3 is 0 Å². The van der Waals surface area contributed by atoms with Gasteiger partial charge in [0.05, 0.1) is 0 Å². The molecule has 0 aromatic rings. The molecule has 0 aliphatic heterocycles. The second kappa shape index (κ2) is 4.15. The molecule has 0 amide bonds. The fourth-order valence-electron chi connectivity index (χ4n) is 0. The standard InChI is InChI=1S/C2H4ClF.FH/c1-2(3)4;/h2H,1H3;1H. The van der Waals surface area contributed by atoms with Crippen LogP contribution in [0.25, 0.3) is 0 Å².